The highest BCUT2D eigenvalue weighted by Gasteiger charge is 2.19. The number of aromatic nitrogens is 6. The second-order valence-electron chi connectivity index (χ2n) is 7.81. The number of fused-ring (bicyclic) bond motifs is 6. The molecular formula is C24H18N6O3S2. The molecule has 0 aliphatic heterocycles. The first-order valence-corrected chi connectivity index (χ1v) is 12.7. The number of hydrogen-bond donors (Lipinski definition) is 1. The van der Waals surface area contributed by atoms with Crippen molar-refractivity contribution >= 4 is 72.0 Å². The van der Waals surface area contributed by atoms with Crippen molar-refractivity contribution in [2.45, 2.75) is 19.0 Å². The number of thioether (sulfide) groups is 1. The van der Waals surface area contributed by atoms with E-state index in [0.717, 1.165) is 32.8 Å². The molecule has 0 saturated heterocycles. The molecular weight excluding hydrogens is 484 g/mol. The van der Waals surface area contributed by atoms with Crippen molar-refractivity contribution in [2.24, 2.45) is 0 Å². The minimum atomic E-state index is -0.368. The molecule has 2 aromatic carbocycles. The number of carbonyl (C=O) groups excluding carboxylic acids is 1. The number of hydrogen-bond acceptors (Lipinski definition) is 9. The van der Waals surface area contributed by atoms with Crippen molar-refractivity contribution < 1.29 is 9.53 Å². The van der Waals surface area contributed by atoms with Gasteiger partial charge in [0.15, 0.2) is 10.8 Å². The Balaban J connectivity index is 1.50. The SMILES string of the molecule is CCOC(=O)CSc1nc2c(c(C)nc3c2cnn3-c2nc3c(ccc4ccccc43)s2)c(=O)[nH]1. The quantitative estimate of drug-likeness (QED) is 0.210. The average Bonchev–Trinajstić information content (AvgIpc) is 3.47. The lowest BCUT2D eigenvalue weighted by atomic mass is 10.1. The zero-order valence-electron chi connectivity index (χ0n) is 18.7. The fourth-order valence-electron chi connectivity index (χ4n) is 4.09. The molecule has 0 radical (unpaired) electrons. The Morgan fingerprint density at radius 3 is 2.83 bits per heavy atom. The van der Waals surface area contributed by atoms with Gasteiger partial charge in [0, 0.05) is 5.39 Å². The number of aryl methyl sites for hydroxylation is 1. The zero-order chi connectivity index (χ0) is 24.1. The molecule has 0 saturated carbocycles. The smallest absolute Gasteiger partial charge is 0.316 e. The molecule has 0 spiro atoms. The first-order valence-electron chi connectivity index (χ1n) is 10.9. The maximum absolute atomic E-state index is 12.9. The summed E-state index contributed by atoms with van der Waals surface area (Å²) in [6, 6.07) is 12.3. The van der Waals surface area contributed by atoms with E-state index in [1.165, 1.54) is 11.3 Å². The number of benzene rings is 2. The van der Waals surface area contributed by atoms with Gasteiger partial charge < -0.3 is 9.72 Å². The molecule has 0 aliphatic carbocycles. The molecule has 0 atom stereocenters. The van der Waals surface area contributed by atoms with Gasteiger partial charge in [-0.15, -0.1) is 0 Å². The van der Waals surface area contributed by atoms with Crippen molar-refractivity contribution in [3.8, 4) is 5.13 Å². The number of ether oxygens (including phenoxy) is 1. The van der Waals surface area contributed by atoms with E-state index in [1.807, 2.05) is 12.1 Å². The lowest BCUT2D eigenvalue weighted by molar-refractivity contribution is -0.139. The van der Waals surface area contributed by atoms with Crippen LogP contribution < -0.4 is 5.56 Å². The average molecular weight is 503 g/mol. The van der Waals surface area contributed by atoms with Gasteiger partial charge >= 0.3 is 5.97 Å². The third-order valence-electron chi connectivity index (χ3n) is 5.62. The summed E-state index contributed by atoms with van der Waals surface area (Å²) in [5, 5.41) is 8.81. The summed E-state index contributed by atoms with van der Waals surface area (Å²) >= 11 is 2.64. The third-order valence-corrected chi connectivity index (χ3v) is 7.46. The molecule has 4 aromatic heterocycles. The maximum atomic E-state index is 12.9. The van der Waals surface area contributed by atoms with Gasteiger partial charge in [-0.1, -0.05) is 53.4 Å². The Morgan fingerprint density at radius 2 is 1.97 bits per heavy atom. The Morgan fingerprint density at radius 1 is 1.11 bits per heavy atom. The number of nitrogens with zero attached hydrogens (tertiary/aromatic N) is 5. The second-order valence-corrected chi connectivity index (χ2v) is 9.78. The first-order chi connectivity index (χ1) is 17.0. The Kier molecular flexibility index (Phi) is 5.23. The van der Waals surface area contributed by atoms with Gasteiger partial charge in [0.1, 0.15) is 0 Å². The molecule has 174 valence electrons. The highest BCUT2D eigenvalue weighted by atomic mass is 32.2. The van der Waals surface area contributed by atoms with Gasteiger partial charge in [-0.3, -0.25) is 9.59 Å². The minimum absolute atomic E-state index is 0.0500. The van der Waals surface area contributed by atoms with Crippen molar-refractivity contribution in [3.63, 3.8) is 0 Å². The fraction of sp³-hybridized carbons (Fsp3) is 0.167. The van der Waals surface area contributed by atoms with Crippen LogP contribution in [0.5, 0.6) is 0 Å². The Bertz CT molecular complexity index is 1840. The van der Waals surface area contributed by atoms with Gasteiger partial charge in [-0.25, -0.2) is 15.0 Å². The molecule has 0 fully saturated rings. The summed E-state index contributed by atoms with van der Waals surface area (Å²) in [4.78, 5) is 41.5. The number of aromatic amines is 1. The van der Waals surface area contributed by atoms with Crippen molar-refractivity contribution in [3.05, 3.63) is 58.6 Å². The molecule has 6 rings (SSSR count). The van der Waals surface area contributed by atoms with Crippen LogP contribution in [-0.4, -0.2) is 48.0 Å². The van der Waals surface area contributed by atoms with E-state index >= 15 is 0 Å². The molecule has 6 aromatic rings. The molecule has 1 N–H and O–H groups in total. The van der Waals surface area contributed by atoms with E-state index in [4.69, 9.17) is 9.72 Å². The normalized spacial score (nSPS) is 11.7. The van der Waals surface area contributed by atoms with Crippen LogP contribution in [0.15, 0.2) is 52.5 Å². The number of thiazole rings is 1. The Labute approximate surface area is 206 Å². The van der Waals surface area contributed by atoms with Gasteiger partial charge in [0.05, 0.1) is 50.8 Å². The van der Waals surface area contributed by atoms with Crippen LogP contribution in [-0.2, 0) is 9.53 Å². The number of nitrogens with one attached hydrogen (secondary N) is 1. The lowest BCUT2D eigenvalue weighted by Crippen LogP contribution is -2.13. The third kappa shape index (κ3) is 3.63. The van der Waals surface area contributed by atoms with Crippen LogP contribution in [0.2, 0.25) is 0 Å². The summed E-state index contributed by atoms with van der Waals surface area (Å²) in [7, 11) is 0. The van der Waals surface area contributed by atoms with Crippen molar-refractivity contribution in [1.82, 2.24) is 29.7 Å². The van der Waals surface area contributed by atoms with E-state index in [0.29, 0.717) is 44.5 Å². The molecule has 0 amide bonds. The molecule has 0 unspecified atom stereocenters. The molecule has 35 heavy (non-hydrogen) atoms. The summed E-state index contributed by atoms with van der Waals surface area (Å²) in [5.74, 6) is -0.318. The number of rotatable bonds is 5. The van der Waals surface area contributed by atoms with E-state index in [9.17, 15) is 9.59 Å². The lowest BCUT2D eigenvalue weighted by Gasteiger charge is -2.06. The van der Waals surface area contributed by atoms with Crippen LogP contribution in [0.3, 0.4) is 0 Å². The largest absolute Gasteiger partial charge is 0.465 e. The molecule has 9 nitrogen and oxygen atoms in total. The van der Waals surface area contributed by atoms with E-state index in [-0.39, 0.29) is 17.3 Å². The molecule has 0 aliphatic rings. The van der Waals surface area contributed by atoms with Crippen molar-refractivity contribution in [2.75, 3.05) is 12.4 Å². The van der Waals surface area contributed by atoms with Crippen LogP contribution in [0.1, 0.15) is 12.6 Å². The highest BCUT2D eigenvalue weighted by molar-refractivity contribution is 7.99. The van der Waals surface area contributed by atoms with E-state index < -0.39 is 0 Å². The summed E-state index contributed by atoms with van der Waals surface area (Å²) in [5.41, 5.74) is 2.19. The van der Waals surface area contributed by atoms with E-state index in [2.05, 4.69) is 44.3 Å². The summed E-state index contributed by atoms with van der Waals surface area (Å²) < 4.78 is 7.70. The summed E-state index contributed by atoms with van der Waals surface area (Å²) in [6.07, 6.45) is 1.65. The number of carbonyl (C=O) groups is 1. The zero-order valence-corrected chi connectivity index (χ0v) is 20.4. The van der Waals surface area contributed by atoms with Gasteiger partial charge in [-0.2, -0.15) is 9.78 Å². The second kappa shape index (κ2) is 8.43. The van der Waals surface area contributed by atoms with E-state index in [1.54, 1.807) is 24.7 Å². The molecule has 4 heterocycles. The van der Waals surface area contributed by atoms with Gasteiger partial charge in [-0.05, 0) is 25.3 Å². The van der Waals surface area contributed by atoms with Crippen LogP contribution in [0.25, 0.3) is 48.1 Å². The maximum Gasteiger partial charge on any atom is 0.316 e. The standard InChI is InChI=1S/C24H18N6O3S2/c1-3-33-17(31)11-34-23-27-20-15-10-25-30(21(15)26-12(2)18(20)22(32)29-23)24-28-19-14-7-5-4-6-13(14)8-9-16(19)35-24/h4-10H,3,11H2,1-2H3,(H,27,29,32). The van der Waals surface area contributed by atoms with Gasteiger partial charge in [0.25, 0.3) is 5.56 Å². The topological polar surface area (TPSA) is 116 Å². The predicted molar refractivity (Wildman–Crippen MR) is 138 cm³/mol. The number of H-pyrrole nitrogens is 1. The monoisotopic (exact) mass is 502 g/mol. The molecule has 11 heteroatoms. The number of pyridine rings is 1. The molecule has 0 bridgehead atoms. The number of esters is 1. The van der Waals surface area contributed by atoms with Crippen LogP contribution in [0, 0.1) is 6.92 Å². The first kappa shape index (κ1) is 21.7. The highest BCUT2D eigenvalue weighted by Crippen LogP contribution is 2.33. The Hall–Kier alpha value is -3.83. The van der Waals surface area contributed by atoms with Crippen LogP contribution in [0.4, 0.5) is 0 Å². The minimum Gasteiger partial charge on any atom is -0.465 e. The summed E-state index contributed by atoms with van der Waals surface area (Å²) in [6.45, 7) is 3.82. The predicted octanol–water partition coefficient (Wildman–Crippen LogP) is 4.38. The van der Waals surface area contributed by atoms with Gasteiger partial charge in [0.2, 0.25) is 5.13 Å². The van der Waals surface area contributed by atoms with Crippen molar-refractivity contribution in [1.29, 1.82) is 0 Å². The fourth-order valence-corrected chi connectivity index (χ4v) is 5.69. The van der Waals surface area contributed by atoms with Crippen LogP contribution >= 0.6 is 23.1 Å².